The Morgan fingerprint density at radius 1 is 1.33 bits per heavy atom. The zero-order valence-electron chi connectivity index (χ0n) is 7.74. The molecule has 0 atom stereocenters. The van der Waals surface area contributed by atoms with E-state index in [1.54, 1.807) is 24.4 Å². The maximum atomic E-state index is 10.0. The van der Waals surface area contributed by atoms with Crippen LogP contribution in [0.25, 0.3) is 0 Å². The Hall–Kier alpha value is -1.95. The van der Waals surface area contributed by atoms with E-state index in [1.807, 2.05) is 5.38 Å². The monoisotopic (exact) mass is 223 g/mol. The lowest BCUT2D eigenvalue weighted by atomic mass is 10.3. The molecule has 0 saturated carbocycles. The molecule has 15 heavy (non-hydrogen) atoms. The predicted molar refractivity (Wildman–Crippen MR) is 59.6 cm³/mol. The fraction of sp³-hybridized carbons (Fsp3) is 0. The molecule has 6 heteroatoms. The average molecular weight is 223 g/mol. The van der Waals surface area contributed by atoms with Gasteiger partial charge >= 0.3 is 0 Å². The number of nitrogens with two attached hydrogens (primary N) is 1. The minimum Gasteiger partial charge on any atom is -0.375 e. The van der Waals surface area contributed by atoms with E-state index >= 15 is 0 Å². The van der Waals surface area contributed by atoms with Gasteiger partial charge in [-0.15, -0.1) is 11.3 Å². The van der Waals surface area contributed by atoms with Crippen molar-refractivity contribution in [1.29, 1.82) is 0 Å². The quantitative estimate of drug-likeness (QED) is 0.594. The van der Waals surface area contributed by atoms with Crippen molar-refractivity contribution in [2.45, 2.75) is 0 Å². The van der Waals surface area contributed by atoms with E-state index in [1.165, 1.54) is 23.5 Å². The van der Waals surface area contributed by atoms with Crippen molar-refractivity contribution in [2.75, 3.05) is 5.73 Å². The van der Waals surface area contributed by atoms with Crippen LogP contribution in [0.5, 0.6) is 0 Å². The number of para-hydroxylation sites is 1. The maximum absolute atomic E-state index is 10.0. The third kappa shape index (κ3) is 4.19. The zero-order chi connectivity index (χ0) is 11.1. The van der Waals surface area contributed by atoms with Crippen molar-refractivity contribution in [2.24, 2.45) is 0 Å². The molecular formula is C9H9N3O2S. The van der Waals surface area contributed by atoms with Crippen molar-refractivity contribution in [1.82, 2.24) is 4.98 Å². The van der Waals surface area contributed by atoms with Gasteiger partial charge in [-0.25, -0.2) is 4.98 Å². The predicted octanol–water partition coefficient (Wildman–Crippen LogP) is 2.32. The molecular weight excluding hydrogens is 214 g/mol. The lowest BCUT2D eigenvalue weighted by Crippen LogP contribution is -1.84. The summed E-state index contributed by atoms with van der Waals surface area (Å²) < 4.78 is 0. The first kappa shape index (κ1) is 11.1. The number of nitrogen functional groups attached to an aromatic ring is 1. The summed E-state index contributed by atoms with van der Waals surface area (Å²) in [7, 11) is 0. The van der Waals surface area contributed by atoms with Gasteiger partial charge in [-0.05, 0) is 0 Å². The second-order valence-electron chi connectivity index (χ2n) is 2.46. The molecule has 0 spiro atoms. The van der Waals surface area contributed by atoms with Gasteiger partial charge in [-0.1, -0.05) is 18.2 Å². The normalized spacial score (nSPS) is 8.80. The smallest absolute Gasteiger partial charge is 0.269 e. The number of nitro benzene ring substituents is 1. The summed E-state index contributed by atoms with van der Waals surface area (Å²) >= 11 is 1.44. The molecule has 0 radical (unpaired) electrons. The van der Waals surface area contributed by atoms with Gasteiger partial charge in [0.25, 0.3) is 5.69 Å². The largest absolute Gasteiger partial charge is 0.375 e. The second kappa shape index (κ2) is 5.71. The van der Waals surface area contributed by atoms with Crippen LogP contribution in [0.1, 0.15) is 0 Å². The van der Waals surface area contributed by atoms with Crippen molar-refractivity contribution in [3.05, 3.63) is 52.0 Å². The first-order valence-electron chi connectivity index (χ1n) is 4.04. The van der Waals surface area contributed by atoms with Gasteiger partial charge in [0.15, 0.2) is 5.13 Å². The molecule has 0 unspecified atom stereocenters. The van der Waals surface area contributed by atoms with Crippen LogP contribution < -0.4 is 5.73 Å². The Balaban J connectivity index is 0.000000162. The highest BCUT2D eigenvalue weighted by atomic mass is 32.1. The number of anilines is 1. The average Bonchev–Trinajstić information content (AvgIpc) is 2.71. The molecule has 0 saturated heterocycles. The fourth-order valence-corrected chi connectivity index (χ4v) is 1.17. The molecule has 0 aliphatic heterocycles. The van der Waals surface area contributed by atoms with Gasteiger partial charge in [0, 0.05) is 23.7 Å². The van der Waals surface area contributed by atoms with Gasteiger partial charge in [0.1, 0.15) is 0 Å². The van der Waals surface area contributed by atoms with E-state index in [9.17, 15) is 10.1 Å². The molecule has 1 aromatic carbocycles. The third-order valence-electron chi connectivity index (χ3n) is 1.42. The number of benzene rings is 1. The van der Waals surface area contributed by atoms with Crippen LogP contribution in [0.4, 0.5) is 10.8 Å². The van der Waals surface area contributed by atoms with E-state index in [2.05, 4.69) is 4.98 Å². The van der Waals surface area contributed by atoms with E-state index in [0.29, 0.717) is 5.13 Å². The number of nitro groups is 1. The number of non-ortho nitro benzene ring substituents is 1. The highest BCUT2D eigenvalue weighted by molar-refractivity contribution is 7.13. The standard InChI is InChI=1S/C6H5NO2.C3H4N2S/c8-7(9)6-4-2-1-3-5-6;4-3-5-1-2-6-3/h1-5H;1-2H,(H2,4,5). The van der Waals surface area contributed by atoms with Gasteiger partial charge in [0.05, 0.1) is 4.92 Å². The highest BCUT2D eigenvalue weighted by Gasteiger charge is 1.98. The third-order valence-corrected chi connectivity index (χ3v) is 2.02. The molecule has 78 valence electrons. The summed E-state index contributed by atoms with van der Waals surface area (Å²) in [6.07, 6.45) is 1.68. The number of aromatic nitrogens is 1. The molecule has 0 amide bonds. The fourth-order valence-electron chi connectivity index (χ4n) is 0.784. The first-order chi connectivity index (χ1) is 7.20. The van der Waals surface area contributed by atoms with Gasteiger partial charge in [0.2, 0.25) is 0 Å². The summed E-state index contributed by atoms with van der Waals surface area (Å²) in [6, 6.07) is 7.93. The van der Waals surface area contributed by atoms with E-state index < -0.39 is 4.92 Å². The number of hydrogen-bond donors (Lipinski definition) is 1. The highest BCUT2D eigenvalue weighted by Crippen LogP contribution is 2.06. The summed E-state index contributed by atoms with van der Waals surface area (Å²) in [6.45, 7) is 0. The maximum Gasteiger partial charge on any atom is 0.269 e. The van der Waals surface area contributed by atoms with E-state index in [0.717, 1.165) is 0 Å². The molecule has 0 aliphatic rings. The van der Waals surface area contributed by atoms with Gasteiger partial charge in [-0.3, -0.25) is 10.1 Å². The molecule has 1 aromatic heterocycles. The summed E-state index contributed by atoms with van der Waals surface area (Å²) in [4.78, 5) is 13.3. The SMILES string of the molecule is Nc1nccs1.O=[N+]([O-])c1ccccc1. The molecule has 2 N–H and O–H groups in total. The van der Waals surface area contributed by atoms with Crippen molar-refractivity contribution in [3.63, 3.8) is 0 Å². The van der Waals surface area contributed by atoms with Crippen LogP contribution in [0.3, 0.4) is 0 Å². The lowest BCUT2D eigenvalue weighted by Gasteiger charge is -1.85. The first-order valence-corrected chi connectivity index (χ1v) is 4.92. The summed E-state index contributed by atoms with van der Waals surface area (Å²) in [5.41, 5.74) is 5.32. The van der Waals surface area contributed by atoms with E-state index in [-0.39, 0.29) is 5.69 Å². The summed E-state index contributed by atoms with van der Waals surface area (Å²) in [5.74, 6) is 0. The second-order valence-corrected chi connectivity index (χ2v) is 3.39. The minimum absolute atomic E-state index is 0.137. The van der Waals surface area contributed by atoms with Crippen LogP contribution >= 0.6 is 11.3 Å². The van der Waals surface area contributed by atoms with Crippen molar-refractivity contribution < 1.29 is 4.92 Å². The molecule has 0 aliphatic carbocycles. The van der Waals surface area contributed by atoms with Crippen molar-refractivity contribution in [3.8, 4) is 0 Å². The number of nitrogens with zero attached hydrogens (tertiary/aromatic N) is 2. The number of rotatable bonds is 1. The Labute approximate surface area is 90.3 Å². The molecule has 0 bridgehead atoms. The van der Waals surface area contributed by atoms with Crippen LogP contribution in [-0.4, -0.2) is 9.91 Å². The Morgan fingerprint density at radius 3 is 2.27 bits per heavy atom. The molecule has 2 rings (SSSR count). The molecule has 1 heterocycles. The van der Waals surface area contributed by atoms with Gasteiger partial charge < -0.3 is 5.73 Å². The zero-order valence-corrected chi connectivity index (χ0v) is 8.55. The molecule has 0 fully saturated rings. The van der Waals surface area contributed by atoms with Crippen LogP contribution in [0.2, 0.25) is 0 Å². The molecule has 5 nitrogen and oxygen atoms in total. The van der Waals surface area contributed by atoms with Crippen LogP contribution in [0, 0.1) is 10.1 Å². The minimum atomic E-state index is -0.417. The molecule has 2 aromatic rings. The van der Waals surface area contributed by atoms with E-state index in [4.69, 9.17) is 5.73 Å². The Kier molecular flexibility index (Phi) is 4.24. The number of hydrogen-bond acceptors (Lipinski definition) is 5. The van der Waals surface area contributed by atoms with Crippen molar-refractivity contribution >= 4 is 22.2 Å². The van der Waals surface area contributed by atoms with Crippen LogP contribution in [0.15, 0.2) is 41.9 Å². The Morgan fingerprint density at radius 2 is 2.00 bits per heavy atom. The lowest BCUT2D eigenvalue weighted by molar-refractivity contribution is -0.384. The summed E-state index contributed by atoms with van der Waals surface area (Å²) in [5, 5.41) is 12.5. The number of thiazole rings is 1. The van der Waals surface area contributed by atoms with Gasteiger partial charge in [-0.2, -0.15) is 0 Å². The van der Waals surface area contributed by atoms with Crippen LogP contribution in [-0.2, 0) is 0 Å². The topological polar surface area (TPSA) is 82.0 Å². The Bertz CT molecular complexity index is 403.